The second-order valence-corrected chi connectivity index (χ2v) is 2.98. The molecular formula is C6H6N3OS. The van der Waals surface area contributed by atoms with Crippen molar-refractivity contribution in [2.45, 2.75) is 0 Å². The summed E-state index contributed by atoms with van der Waals surface area (Å²) in [5.74, 6) is 0. The van der Waals surface area contributed by atoms with Gasteiger partial charge in [-0.15, -0.1) is 11.3 Å². The standard InChI is InChI=1S/C6H6N3OS/c10-5-7-1-3-9(5)6-8-2-4-11-6/h4H,1,3H2,(H,7,10). The number of nitrogens with zero attached hydrogens (tertiary/aromatic N) is 2. The van der Waals surface area contributed by atoms with Gasteiger partial charge in [0, 0.05) is 18.5 Å². The third-order valence-electron chi connectivity index (χ3n) is 1.46. The van der Waals surface area contributed by atoms with Crippen LogP contribution in [0.25, 0.3) is 0 Å². The molecule has 1 N–H and O–H groups in total. The van der Waals surface area contributed by atoms with Gasteiger partial charge in [-0.1, -0.05) is 0 Å². The summed E-state index contributed by atoms with van der Waals surface area (Å²) in [5, 5.41) is 5.16. The summed E-state index contributed by atoms with van der Waals surface area (Å²) in [6, 6.07) is -0.0617. The maximum atomic E-state index is 11.0. The largest absolute Gasteiger partial charge is 0.336 e. The van der Waals surface area contributed by atoms with Crippen molar-refractivity contribution in [1.29, 1.82) is 0 Å². The number of nitrogens with one attached hydrogen (secondary N) is 1. The molecule has 11 heavy (non-hydrogen) atoms. The number of amides is 2. The molecule has 0 aromatic carbocycles. The number of hydrogen-bond acceptors (Lipinski definition) is 3. The summed E-state index contributed by atoms with van der Waals surface area (Å²) >= 11 is 1.42. The number of rotatable bonds is 1. The van der Waals surface area contributed by atoms with E-state index in [0.717, 1.165) is 5.13 Å². The minimum absolute atomic E-state index is 0.0617. The lowest BCUT2D eigenvalue weighted by atomic mass is 10.6. The van der Waals surface area contributed by atoms with E-state index in [-0.39, 0.29) is 6.03 Å². The van der Waals surface area contributed by atoms with Gasteiger partial charge in [-0.05, 0) is 0 Å². The molecule has 1 aliphatic heterocycles. The number of thiazole rings is 1. The Hall–Kier alpha value is -1.10. The maximum absolute atomic E-state index is 11.0. The lowest BCUT2D eigenvalue weighted by Gasteiger charge is -2.07. The first kappa shape index (κ1) is 6.60. The van der Waals surface area contributed by atoms with Crippen LogP contribution >= 0.6 is 11.3 Å². The zero-order valence-corrected chi connectivity index (χ0v) is 6.52. The van der Waals surface area contributed by atoms with Crippen molar-refractivity contribution in [2.24, 2.45) is 0 Å². The summed E-state index contributed by atoms with van der Waals surface area (Å²) in [6.07, 6.45) is 2.67. The van der Waals surface area contributed by atoms with E-state index in [4.69, 9.17) is 0 Å². The van der Waals surface area contributed by atoms with Gasteiger partial charge in [-0.2, -0.15) is 0 Å². The normalized spacial score (nSPS) is 17.1. The highest BCUT2D eigenvalue weighted by Gasteiger charge is 2.22. The third-order valence-corrected chi connectivity index (χ3v) is 2.21. The Morgan fingerprint density at radius 2 is 2.73 bits per heavy atom. The molecule has 4 nitrogen and oxygen atoms in total. The Kier molecular flexibility index (Phi) is 1.50. The highest BCUT2D eigenvalue weighted by atomic mass is 32.1. The number of carbonyl (C=O) groups excluding carboxylic acids is 1. The number of anilines is 1. The molecule has 0 atom stereocenters. The van der Waals surface area contributed by atoms with E-state index < -0.39 is 0 Å². The van der Waals surface area contributed by atoms with E-state index in [1.807, 2.05) is 0 Å². The number of hydrogen-bond donors (Lipinski definition) is 1. The Morgan fingerprint density at radius 3 is 3.27 bits per heavy atom. The summed E-state index contributed by atoms with van der Waals surface area (Å²) < 4.78 is 0. The van der Waals surface area contributed by atoms with Crippen molar-refractivity contribution in [2.75, 3.05) is 18.0 Å². The minimum Gasteiger partial charge on any atom is -0.336 e. The summed E-state index contributed by atoms with van der Waals surface area (Å²) in [6.45, 7) is 1.42. The second kappa shape index (κ2) is 2.50. The predicted octanol–water partition coefficient (Wildman–Crippen LogP) is 0.473. The molecular weight excluding hydrogens is 162 g/mol. The molecule has 1 aromatic rings. The van der Waals surface area contributed by atoms with Gasteiger partial charge in [0.2, 0.25) is 0 Å². The monoisotopic (exact) mass is 168 g/mol. The van der Waals surface area contributed by atoms with Crippen molar-refractivity contribution in [3.8, 4) is 0 Å². The zero-order chi connectivity index (χ0) is 7.68. The number of urea groups is 1. The second-order valence-electron chi connectivity index (χ2n) is 2.14. The molecule has 2 rings (SSSR count). The predicted molar refractivity (Wildman–Crippen MR) is 41.7 cm³/mol. The van der Waals surface area contributed by atoms with E-state index in [9.17, 15) is 4.79 Å². The molecule has 0 spiro atoms. The fourth-order valence-corrected chi connectivity index (χ4v) is 1.58. The lowest BCUT2D eigenvalue weighted by Crippen LogP contribution is -2.27. The first-order valence-electron chi connectivity index (χ1n) is 3.25. The van der Waals surface area contributed by atoms with E-state index in [2.05, 4.69) is 16.5 Å². The Balaban J connectivity index is 2.23. The zero-order valence-electron chi connectivity index (χ0n) is 5.70. The van der Waals surface area contributed by atoms with Crippen LogP contribution in [0, 0.1) is 6.20 Å². The summed E-state index contributed by atoms with van der Waals surface area (Å²) in [4.78, 5) is 16.6. The Morgan fingerprint density at radius 1 is 1.82 bits per heavy atom. The maximum Gasteiger partial charge on any atom is 0.323 e. The van der Waals surface area contributed by atoms with Crippen molar-refractivity contribution >= 4 is 22.5 Å². The van der Waals surface area contributed by atoms with Gasteiger partial charge >= 0.3 is 6.03 Å². The highest BCUT2D eigenvalue weighted by Crippen LogP contribution is 2.17. The summed E-state index contributed by atoms with van der Waals surface area (Å²) in [7, 11) is 0. The van der Waals surface area contributed by atoms with Crippen molar-refractivity contribution < 1.29 is 4.79 Å². The quantitative estimate of drug-likeness (QED) is 0.662. The number of aromatic nitrogens is 1. The van der Waals surface area contributed by atoms with Crippen LogP contribution in [0.5, 0.6) is 0 Å². The molecule has 1 fully saturated rings. The molecule has 5 heteroatoms. The topological polar surface area (TPSA) is 45.2 Å². The van der Waals surface area contributed by atoms with Crippen LogP contribution in [-0.4, -0.2) is 24.1 Å². The molecule has 0 unspecified atom stereocenters. The van der Waals surface area contributed by atoms with Gasteiger partial charge in [0.25, 0.3) is 0 Å². The molecule has 1 aromatic heterocycles. The molecule has 0 bridgehead atoms. The molecule has 1 aliphatic rings. The average Bonchev–Trinajstić information content (AvgIpc) is 2.55. The van der Waals surface area contributed by atoms with Crippen molar-refractivity contribution in [3.63, 3.8) is 0 Å². The fraction of sp³-hybridized carbons (Fsp3) is 0.333. The molecule has 57 valence electrons. The van der Waals surface area contributed by atoms with Gasteiger partial charge in [0.15, 0.2) is 5.13 Å². The minimum atomic E-state index is -0.0617. The SMILES string of the molecule is O=C1NCCN1c1n[c]cs1. The highest BCUT2D eigenvalue weighted by molar-refractivity contribution is 7.13. The molecule has 0 saturated carbocycles. The van der Waals surface area contributed by atoms with Gasteiger partial charge in [-0.25, -0.2) is 9.78 Å². The van der Waals surface area contributed by atoms with Crippen LogP contribution < -0.4 is 10.2 Å². The first-order valence-corrected chi connectivity index (χ1v) is 4.13. The van der Waals surface area contributed by atoms with Gasteiger partial charge in [0.05, 0.1) is 0 Å². The third kappa shape index (κ3) is 1.07. The van der Waals surface area contributed by atoms with E-state index in [0.29, 0.717) is 13.1 Å². The smallest absolute Gasteiger partial charge is 0.323 e. The van der Waals surface area contributed by atoms with E-state index >= 15 is 0 Å². The first-order chi connectivity index (χ1) is 5.38. The van der Waals surface area contributed by atoms with Crippen LogP contribution in [0.4, 0.5) is 9.93 Å². The van der Waals surface area contributed by atoms with Crippen LogP contribution in [0.2, 0.25) is 0 Å². The van der Waals surface area contributed by atoms with Crippen LogP contribution in [0.15, 0.2) is 5.38 Å². The molecule has 1 radical (unpaired) electrons. The molecule has 2 heterocycles. The molecule has 2 amide bonds. The summed E-state index contributed by atoms with van der Waals surface area (Å²) in [5.41, 5.74) is 0. The fourth-order valence-electron chi connectivity index (χ4n) is 0.965. The van der Waals surface area contributed by atoms with E-state index in [1.54, 1.807) is 10.3 Å². The Bertz CT molecular complexity index is 259. The van der Waals surface area contributed by atoms with Crippen LogP contribution in [0.3, 0.4) is 0 Å². The molecule has 1 saturated heterocycles. The van der Waals surface area contributed by atoms with Crippen molar-refractivity contribution in [3.05, 3.63) is 11.6 Å². The molecule has 0 aliphatic carbocycles. The van der Waals surface area contributed by atoms with E-state index in [1.165, 1.54) is 11.3 Å². The van der Waals surface area contributed by atoms with Crippen LogP contribution in [0.1, 0.15) is 0 Å². The lowest BCUT2D eigenvalue weighted by molar-refractivity contribution is 0.252. The van der Waals surface area contributed by atoms with Gasteiger partial charge in [-0.3, -0.25) is 4.90 Å². The average molecular weight is 168 g/mol. The van der Waals surface area contributed by atoms with Crippen molar-refractivity contribution in [1.82, 2.24) is 10.3 Å². The van der Waals surface area contributed by atoms with Gasteiger partial charge in [0.1, 0.15) is 6.20 Å². The Labute approximate surface area is 67.9 Å². The number of carbonyl (C=O) groups is 1. The van der Waals surface area contributed by atoms with Gasteiger partial charge < -0.3 is 5.32 Å². The van der Waals surface area contributed by atoms with Crippen LogP contribution in [-0.2, 0) is 0 Å².